The van der Waals surface area contributed by atoms with E-state index in [9.17, 15) is 13.2 Å². The van der Waals surface area contributed by atoms with Gasteiger partial charge >= 0.3 is 0 Å². The second-order valence-corrected chi connectivity index (χ2v) is 5.93. The van der Waals surface area contributed by atoms with Crippen molar-refractivity contribution in [3.8, 4) is 0 Å². The van der Waals surface area contributed by atoms with Crippen molar-refractivity contribution >= 4 is 16.0 Å². The van der Waals surface area contributed by atoms with Crippen LogP contribution in [0.5, 0.6) is 0 Å². The minimum absolute atomic E-state index is 0.246. The smallest absolute Gasteiger partial charge is 0.220 e. The molecule has 0 aliphatic heterocycles. The van der Waals surface area contributed by atoms with Gasteiger partial charge in [-0.1, -0.05) is 42.5 Å². The number of primary sulfonamides is 1. The summed E-state index contributed by atoms with van der Waals surface area (Å²) in [6.07, 6.45) is 5.18. The third-order valence-corrected chi connectivity index (χ3v) is 4.13. The average molecular weight is 275 g/mol. The number of sulfonamides is 1. The summed E-state index contributed by atoms with van der Waals surface area (Å²) in [5.41, 5.74) is 1.59. The van der Waals surface area contributed by atoms with Gasteiger partial charge in [0.2, 0.25) is 10.0 Å². The molecular weight excluding hydrogens is 262 g/mol. The number of rotatable bonds is 3. The SMILES string of the molecule is NS(=O)(=O)C(C1=CC=CC(=C=O)C1)c1ccccc1. The van der Waals surface area contributed by atoms with Crippen LogP contribution in [0.3, 0.4) is 0 Å². The predicted molar refractivity (Wildman–Crippen MR) is 73.3 cm³/mol. The number of benzene rings is 1. The Morgan fingerprint density at radius 1 is 1.21 bits per heavy atom. The summed E-state index contributed by atoms with van der Waals surface area (Å²) in [5, 5.41) is 4.40. The molecule has 4 nitrogen and oxygen atoms in total. The van der Waals surface area contributed by atoms with Gasteiger partial charge in [-0.05, 0) is 17.2 Å². The third-order valence-electron chi connectivity index (χ3n) is 2.90. The molecule has 0 aromatic heterocycles. The van der Waals surface area contributed by atoms with Crippen LogP contribution in [0.4, 0.5) is 0 Å². The van der Waals surface area contributed by atoms with Crippen LogP contribution < -0.4 is 5.14 Å². The summed E-state index contributed by atoms with van der Waals surface area (Å²) in [6, 6.07) is 8.72. The lowest BCUT2D eigenvalue weighted by atomic mass is 9.94. The summed E-state index contributed by atoms with van der Waals surface area (Å²) in [6.45, 7) is 0. The second kappa shape index (κ2) is 5.36. The van der Waals surface area contributed by atoms with E-state index in [1.165, 1.54) is 0 Å². The molecule has 1 aliphatic rings. The molecule has 19 heavy (non-hydrogen) atoms. The van der Waals surface area contributed by atoms with Crippen LogP contribution in [0.25, 0.3) is 0 Å². The molecule has 2 N–H and O–H groups in total. The lowest BCUT2D eigenvalue weighted by Gasteiger charge is -2.20. The molecule has 0 heterocycles. The van der Waals surface area contributed by atoms with Gasteiger partial charge in [0, 0.05) is 12.0 Å². The zero-order chi connectivity index (χ0) is 13.9. The van der Waals surface area contributed by atoms with E-state index in [2.05, 4.69) is 0 Å². The van der Waals surface area contributed by atoms with Gasteiger partial charge in [0.25, 0.3) is 0 Å². The predicted octanol–water partition coefficient (Wildman–Crippen LogP) is 1.66. The Kier molecular flexibility index (Phi) is 3.81. The summed E-state index contributed by atoms with van der Waals surface area (Å²) in [4.78, 5) is 10.7. The van der Waals surface area contributed by atoms with Crippen LogP contribution in [-0.2, 0) is 14.8 Å². The Labute approximate surface area is 112 Å². The lowest BCUT2D eigenvalue weighted by molar-refractivity contribution is 0.566. The first kappa shape index (κ1) is 13.5. The van der Waals surface area contributed by atoms with Crippen molar-refractivity contribution in [3.05, 3.63) is 65.3 Å². The van der Waals surface area contributed by atoms with E-state index in [0.717, 1.165) is 0 Å². The highest BCUT2D eigenvalue weighted by Crippen LogP contribution is 2.33. The normalized spacial score (nSPS) is 16.7. The molecule has 1 unspecified atom stereocenters. The number of carbonyl (C=O) groups excluding carboxylic acids is 1. The van der Waals surface area contributed by atoms with E-state index >= 15 is 0 Å². The Morgan fingerprint density at radius 3 is 2.47 bits per heavy atom. The monoisotopic (exact) mass is 275 g/mol. The largest absolute Gasteiger partial charge is 0.233 e. The number of allylic oxidation sites excluding steroid dienone is 4. The maximum absolute atomic E-state index is 11.8. The highest BCUT2D eigenvalue weighted by molar-refractivity contribution is 7.89. The van der Waals surface area contributed by atoms with Crippen molar-refractivity contribution in [1.29, 1.82) is 0 Å². The summed E-state index contributed by atoms with van der Waals surface area (Å²) >= 11 is 0. The third kappa shape index (κ3) is 3.09. The zero-order valence-corrected chi connectivity index (χ0v) is 10.9. The van der Waals surface area contributed by atoms with Crippen molar-refractivity contribution in [1.82, 2.24) is 0 Å². The molecule has 0 amide bonds. The van der Waals surface area contributed by atoms with Gasteiger partial charge in [-0.25, -0.2) is 18.4 Å². The van der Waals surface area contributed by atoms with Crippen LogP contribution >= 0.6 is 0 Å². The molecule has 1 aromatic carbocycles. The maximum atomic E-state index is 11.8. The van der Waals surface area contributed by atoms with Crippen LogP contribution in [0.2, 0.25) is 0 Å². The molecule has 5 heteroatoms. The molecule has 0 fully saturated rings. The fraction of sp³-hybridized carbons (Fsp3) is 0.143. The minimum atomic E-state index is -3.79. The Hall–Kier alpha value is -1.94. The average Bonchev–Trinajstić information content (AvgIpc) is 2.39. The summed E-state index contributed by atoms with van der Waals surface area (Å²) in [7, 11) is -3.79. The second-order valence-electron chi connectivity index (χ2n) is 4.28. The molecular formula is C14H13NO3S. The molecule has 0 saturated carbocycles. The first-order valence-electron chi connectivity index (χ1n) is 5.70. The zero-order valence-electron chi connectivity index (χ0n) is 10.1. The Morgan fingerprint density at radius 2 is 1.89 bits per heavy atom. The first-order valence-corrected chi connectivity index (χ1v) is 7.31. The van der Waals surface area contributed by atoms with Crippen molar-refractivity contribution in [2.24, 2.45) is 5.14 Å². The molecule has 0 radical (unpaired) electrons. The topological polar surface area (TPSA) is 77.2 Å². The molecule has 98 valence electrons. The van der Waals surface area contributed by atoms with Gasteiger partial charge in [0.1, 0.15) is 11.2 Å². The Balaban J connectivity index is 2.50. The van der Waals surface area contributed by atoms with E-state index in [4.69, 9.17) is 5.14 Å². The first-order chi connectivity index (χ1) is 9.02. The van der Waals surface area contributed by atoms with Crippen LogP contribution in [0.1, 0.15) is 17.2 Å². The molecule has 0 bridgehead atoms. The molecule has 1 atom stereocenters. The van der Waals surface area contributed by atoms with Crippen molar-refractivity contribution in [3.63, 3.8) is 0 Å². The van der Waals surface area contributed by atoms with Crippen LogP contribution in [0.15, 0.2) is 59.7 Å². The maximum Gasteiger partial charge on any atom is 0.220 e. The van der Waals surface area contributed by atoms with E-state index < -0.39 is 15.3 Å². The summed E-state index contributed by atoms with van der Waals surface area (Å²) in [5.74, 6) is 1.80. The van der Waals surface area contributed by atoms with Crippen LogP contribution in [-0.4, -0.2) is 14.4 Å². The highest BCUT2D eigenvalue weighted by Gasteiger charge is 2.28. The van der Waals surface area contributed by atoms with E-state index in [-0.39, 0.29) is 6.42 Å². The van der Waals surface area contributed by atoms with Gasteiger partial charge in [0.05, 0.1) is 0 Å². The van der Waals surface area contributed by atoms with Gasteiger partial charge < -0.3 is 0 Å². The van der Waals surface area contributed by atoms with Gasteiger partial charge in [-0.3, -0.25) is 0 Å². The fourth-order valence-corrected chi connectivity index (χ4v) is 3.24. The van der Waals surface area contributed by atoms with Crippen molar-refractivity contribution < 1.29 is 13.2 Å². The van der Waals surface area contributed by atoms with E-state index in [0.29, 0.717) is 16.7 Å². The van der Waals surface area contributed by atoms with Gasteiger partial charge in [0.15, 0.2) is 0 Å². The summed E-state index contributed by atoms with van der Waals surface area (Å²) < 4.78 is 23.7. The Bertz CT molecular complexity index is 681. The van der Waals surface area contributed by atoms with Crippen LogP contribution in [0, 0.1) is 0 Å². The van der Waals surface area contributed by atoms with Crippen molar-refractivity contribution in [2.75, 3.05) is 0 Å². The molecule has 0 saturated heterocycles. The quantitative estimate of drug-likeness (QED) is 0.852. The number of hydrogen-bond donors (Lipinski definition) is 1. The van der Waals surface area contributed by atoms with Gasteiger partial charge in [-0.2, -0.15) is 0 Å². The highest BCUT2D eigenvalue weighted by atomic mass is 32.2. The van der Waals surface area contributed by atoms with E-state index in [1.54, 1.807) is 54.5 Å². The molecule has 1 aliphatic carbocycles. The number of hydrogen-bond acceptors (Lipinski definition) is 3. The molecule has 2 rings (SSSR count). The van der Waals surface area contributed by atoms with Crippen molar-refractivity contribution in [2.45, 2.75) is 11.7 Å². The van der Waals surface area contributed by atoms with E-state index in [1.807, 2.05) is 0 Å². The molecule has 0 spiro atoms. The van der Waals surface area contributed by atoms with Gasteiger partial charge in [-0.15, -0.1) is 0 Å². The minimum Gasteiger partial charge on any atom is -0.233 e. The molecule has 1 aromatic rings. The number of nitrogens with two attached hydrogens (primary N) is 1. The fourth-order valence-electron chi connectivity index (χ4n) is 2.12. The standard InChI is InChI=1S/C14H13NO3S/c15-19(17,18)14(12-6-2-1-3-7-12)13-8-4-5-11(9-13)10-16/h1-8,14H,9H2,(H2,15,17,18). The lowest BCUT2D eigenvalue weighted by Crippen LogP contribution is -2.24.